The minimum Gasteiger partial charge on any atom is -0.342 e. The highest BCUT2D eigenvalue weighted by atomic mass is 32.2. The third-order valence-corrected chi connectivity index (χ3v) is 5.31. The van der Waals surface area contributed by atoms with Crippen LogP contribution < -0.4 is 10.0 Å². The van der Waals surface area contributed by atoms with Gasteiger partial charge >= 0.3 is 0 Å². The molecule has 1 atom stereocenters. The fourth-order valence-electron chi connectivity index (χ4n) is 2.06. The van der Waals surface area contributed by atoms with E-state index in [9.17, 15) is 13.2 Å². The Bertz CT molecular complexity index is 878. The Balaban J connectivity index is 2.26. The molecule has 0 saturated heterocycles. The summed E-state index contributed by atoms with van der Waals surface area (Å²) in [5.74, 6) is -0.275. The predicted molar refractivity (Wildman–Crippen MR) is 92.9 cm³/mol. The summed E-state index contributed by atoms with van der Waals surface area (Å²) in [6.45, 7) is -0.174. The summed E-state index contributed by atoms with van der Waals surface area (Å²) in [6.07, 6.45) is 3.39. The largest absolute Gasteiger partial charge is 0.342 e. The van der Waals surface area contributed by atoms with Gasteiger partial charge in [0.1, 0.15) is 12.6 Å². The molecule has 1 heterocycles. The number of aromatic nitrogens is 1. The van der Waals surface area contributed by atoms with Gasteiger partial charge in [0.25, 0.3) is 0 Å². The lowest BCUT2D eigenvalue weighted by Crippen LogP contribution is -2.48. The molecule has 1 aromatic heterocycles. The molecule has 0 aliphatic rings. The van der Waals surface area contributed by atoms with Crippen molar-refractivity contribution < 1.29 is 13.2 Å². The summed E-state index contributed by atoms with van der Waals surface area (Å²) in [7, 11) is -3.88. The Labute approximate surface area is 144 Å². The molecule has 0 spiro atoms. The van der Waals surface area contributed by atoms with Gasteiger partial charge in [-0.1, -0.05) is 6.07 Å². The summed E-state index contributed by atoms with van der Waals surface area (Å²) >= 11 is 1.33. The van der Waals surface area contributed by atoms with Crippen LogP contribution >= 0.6 is 11.8 Å². The van der Waals surface area contributed by atoms with E-state index in [1.807, 2.05) is 0 Å². The lowest BCUT2D eigenvalue weighted by Gasteiger charge is -2.17. The van der Waals surface area contributed by atoms with Crippen LogP contribution in [0.4, 0.5) is 0 Å². The zero-order valence-electron chi connectivity index (χ0n) is 12.9. The van der Waals surface area contributed by atoms with Crippen molar-refractivity contribution in [2.45, 2.75) is 10.9 Å². The van der Waals surface area contributed by atoms with Crippen LogP contribution in [0.15, 0.2) is 41.4 Å². The number of hydrogen-bond donors (Lipinski definition) is 2. The first-order valence-electron chi connectivity index (χ1n) is 6.98. The topological polar surface area (TPSA) is 112 Å². The molecule has 0 bridgehead atoms. The molecule has 1 unspecified atom stereocenters. The third kappa shape index (κ3) is 4.44. The van der Waals surface area contributed by atoms with Gasteiger partial charge < -0.3 is 5.32 Å². The fraction of sp³-hybridized carbons (Fsp3) is 0.267. The van der Waals surface area contributed by atoms with Gasteiger partial charge in [-0.3, -0.25) is 9.78 Å². The second-order valence-corrected chi connectivity index (χ2v) is 7.49. The van der Waals surface area contributed by atoms with Gasteiger partial charge in [-0.15, -0.1) is 0 Å². The highest BCUT2D eigenvalue weighted by Gasteiger charge is 2.25. The van der Waals surface area contributed by atoms with Gasteiger partial charge in [0.2, 0.25) is 15.9 Å². The maximum atomic E-state index is 12.6. The van der Waals surface area contributed by atoms with Crippen LogP contribution in [0.5, 0.6) is 0 Å². The monoisotopic (exact) mass is 364 g/mol. The SMILES string of the molecule is CSCC(NS(=O)(=O)c1ccc2ncccc2c1)C(=O)NCC#N. The zero-order valence-corrected chi connectivity index (χ0v) is 14.5. The number of thioether (sulfide) groups is 1. The Hall–Kier alpha value is -2.15. The van der Waals surface area contributed by atoms with Crippen molar-refractivity contribution in [2.24, 2.45) is 0 Å². The highest BCUT2D eigenvalue weighted by Crippen LogP contribution is 2.17. The van der Waals surface area contributed by atoms with Crippen molar-refractivity contribution in [1.29, 1.82) is 5.26 Å². The average Bonchev–Trinajstić information content (AvgIpc) is 2.58. The molecule has 0 fully saturated rings. The number of fused-ring (bicyclic) bond motifs is 1. The number of carbonyl (C=O) groups is 1. The summed E-state index contributed by atoms with van der Waals surface area (Å²) in [4.78, 5) is 16.2. The van der Waals surface area contributed by atoms with E-state index >= 15 is 0 Å². The quantitative estimate of drug-likeness (QED) is 0.706. The molecule has 7 nitrogen and oxygen atoms in total. The Morgan fingerprint density at radius 3 is 2.92 bits per heavy atom. The number of amides is 1. The van der Waals surface area contributed by atoms with E-state index in [1.54, 1.807) is 36.7 Å². The normalized spacial score (nSPS) is 12.5. The van der Waals surface area contributed by atoms with Crippen molar-refractivity contribution >= 4 is 38.6 Å². The van der Waals surface area contributed by atoms with Crippen LogP contribution in [0, 0.1) is 11.3 Å². The van der Waals surface area contributed by atoms with Crippen LogP contribution in [0.3, 0.4) is 0 Å². The Kier molecular flexibility index (Phi) is 6.14. The second kappa shape index (κ2) is 8.10. The smallest absolute Gasteiger partial charge is 0.241 e. The number of rotatable bonds is 7. The minimum absolute atomic E-state index is 0.0576. The predicted octanol–water partition coefficient (Wildman–Crippen LogP) is 0.884. The molecule has 9 heteroatoms. The zero-order chi connectivity index (χ0) is 17.6. The van der Waals surface area contributed by atoms with E-state index in [1.165, 1.54) is 23.9 Å². The number of sulfonamides is 1. The van der Waals surface area contributed by atoms with E-state index in [4.69, 9.17) is 5.26 Å². The van der Waals surface area contributed by atoms with Crippen LogP contribution in [0.25, 0.3) is 10.9 Å². The van der Waals surface area contributed by atoms with Crippen molar-refractivity contribution in [1.82, 2.24) is 15.0 Å². The molecule has 0 aliphatic carbocycles. The number of nitriles is 1. The number of nitrogens with one attached hydrogen (secondary N) is 2. The molecule has 2 aromatic rings. The molecule has 0 saturated carbocycles. The van der Waals surface area contributed by atoms with E-state index in [0.717, 1.165) is 0 Å². The Morgan fingerprint density at radius 1 is 1.42 bits per heavy atom. The fourth-order valence-corrected chi connectivity index (χ4v) is 3.96. The standard InChI is InChI=1S/C15H16N4O3S2/c1-23-10-14(15(20)18-8-6-16)19-24(21,22)12-4-5-13-11(9-12)3-2-7-17-13/h2-5,7,9,14,19H,8,10H2,1H3,(H,18,20). The van der Waals surface area contributed by atoms with Gasteiger partial charge in [-0.05, 0) is 30.5 Å². The van der Waals surface area contributed by atoms with Gasteiger partial charge in [0.15, 0.2) is 0 Å². The molecule has 0 radical (unpaired) electrons. The molecular formula is C15H16N4O3S2. The first-order valence-corrected chi connectivity index (χ1v) is 9.86. The number of carbonyl (C=O) groups excluding carboxylic acids is 1. The molecule has 0 aliphatic heterocycles. The first-order chi connectivity index (χ1) is 11.5. The molecule has 1 aromatic carbocycles. The molecule has 24 heavy (non-hydrogen) atoms. The van der Waals surface area contributed by atoms with Gasteiger partial charge in [-0.2, -0.15) is 21.7 Å². The number of nitrogens with zero attached hydrogens (tertiary/aromatic N) is 2. The molecular weight excluding hydrogens is 348 g/mol. The van der Waals surface area contributed by atoms with Crippen LogP contribution in [0.1, 0.15) is 0 Å². The van der Waals surface area contributed by atoms with Crippen molar-refractivity contribution in [2.75, 3.05) is 18.6 Å². The van der Waals surface area contributed by atoms with Crippen molar-refractivity contribution in [3.05, 3.63) is 36.5 Å². The Morgan fingerprint density at radius 2 is 2.21 bits per heavy atom. The number of hydrogen-bond acceptors (Lipinski definition) is 6. The van der Waals surface area contributed by atoms with Gasteiger partial charge in [0.05, 0.1) is 16.5 Å². The number of pyridine rings is 1. The molecule has 126 valence electrons. The average molecular weight is 364 g/mol. The van der Waals surface area contributed by atoms with Crippen LogP contribution in [0.2, 0.25) is 0 Å². The lowest BCUT2D eigenvalue weighted by atomic mass is 10.2. The summed E-state index contributed by atoms with van der Waals surface area (Å²) in [5.41, 5.74) is 0.684. The minimum atomic E-state index is -3.88. The third-order valence-electron chi connectivity index (χ3n) is 3.17. The van der Waals surface area contributed by atoms with Gasteiger partial charge in [0, 0.05) is 17.3 Å². The van der Waals surface area contributed by atoms with E-state index in [-0.39, 0.29) is 17.2 Å². The first kappa shape index (κ1) is 18.2. The summed E-state index contributed by atoms with van der Waals surface area (Å²) < 4.78 is 27.5. The van der Waals surface area contributed by atoms with Crippen LogP contribution in [-0.2, 0) is 14.8 Å². The maximum Gasteiger partial charge on any atom is 0.241 e. The summed E-state index contributed by atoms with van der Waals surface area (Å²) in [5, 5.41) is 11.6. The van der Waals surface area contributed by atoms with E-state index in [2.05, 4.69) is 15.0 Å². The lowest BCUT2D eigenvalue weighted by molar-refractivity contribution is -0.121. The van der Waals surface area contributed by atoms with E-state index < -0.39 is 22.0 Å². The molecule has 1 amide bonds. The van der Waals surface area contributed by atoms with Gasteiger partial charge in [-0.25, -0.2) is 8.42 Å². The van der Waals surface area contributed by atoms with Crippen molar-refractivity contribution in [3.63, 3.8) is 0 Å². The van der Waals surface area contributed by atoms with E-state index in [0.29, 0.717) is 10.9 Å². The highest BCUT2D eigenvalue weighted by molar-refractivity contribution is 7.98. The molecule has 2 N–H and O–H groups in total. The maximum absolute atomic E-state index is 12.6. The molecule has 2 rings (SSSR count). The summed E-state index contributed by atoms with van der Waals surface area (Å²) in [6, 6.07) is 8.88. The van der Waals surface area contributed by atoms with Crippen LogP contribution in [-0.4, -0.2) is 43.9 Å². The number of benzene rings is 1. The van der Waals surface area contributed by atoms with Crippen molar-refractivity contribution in [3.8, 4) is 6.07 Å². The second-order valence-electron chi connectivity index (χ2n) is 4.86.